The summed E-state index contributed by atoms with van der Waals surface area (Å²) in [5.41, 5.74) is 0. The van der Waals surface area contributed by atoms with E-state index in [0.717, 1.165) is 28.5 Å². The molecule has 0 fully saturated rings. The second kappa shape index (κ2) is 10.9. The van der Waals surface area contributed by atoms with E-state index in [1.54, 1.807) is 11.4 Å². The Bertz CT molecular complexity index is 717. The Morgan fingerprint density at radius 2 is 2.16 bits per heavy atom. The molecule has 0 atom stereocenters. The van der Waals surface area contributed by atoms with Crippen LogP contribution in [0.5, 0.6) is 0 Å². The van der Waals surface area contributed by atoms with E-state index in [1.165, 1.54) is 13.0 Å². The van der Waals surface area contributed by atoms with Crippen molar-refractivity contribution in [3.8, 4) is 11.8 Å². The van der Waals surface area contributed by atoms with Crippen LogP contribution in [-0.2, 0) is 19.6 Å². The highest BCUT2D eigenvalue weighted by Gasteiger charge is 2.27. The molecule has 7 nitrogen and oxygen atoms in total. The predicted molar refractivity (Wildman–Crippen MR) is 95.8 cm³/mol. The first-order valence-corrected chi connectivity index (χ1v) is 10.1. The fourth-order valence-electron chi connectivity index (χ4n) is 1.80. The summed E-state index contributed by atoms with van der Waals surface area (Å²) in [5.74, 6) is 4.27. The number of alkyl carbamates (subject to hydrolysis) is 1. The highest BCUT2D eigenvalue weighted by molar-refractivity contribution is 7.91. The Morgan fingerprint density at radius 1 is 1.40 bits per heavy atom. The lowest BCUT2D eigenvalue weighted by Crippen LogP contribution is -2.41. The molecule has 0 spiro atoms. The third-order valence-corrected chi connectivity index (χ3v) is 6.25. The summed E-state index contributed by atoms with van der Waals surface area (Å²) in [6, 6.07) is 3.09. The van der Waals surface area contributed by atoms with E-state index < -0.39 is 21.9 Å². The number of Topliss-reactive ketones (excluding diaryl/α,β-unsaturated/α-hetero) is 1. The van der Waals surface area contributed by atoms with Crippen molar-refractivity contribution in [2.24, 2.45) is 0 Å². The number of carbonyl (C=O) groups is 2. The summed E-state index contributed by atoms with van der Waals surface area (Å²) < 4.78 is 31.3. The van der Waals surface area contributed by atoms with Gasteiger partial charge in [0.05, 0.1) is 13.2 Å². The quantitative estimate of drug-likeness (QED) is 0.376. The number of nitrogens with zero attached hydrogens (tertiary/aromatic N) is 1. The van der Waals surface area contributed by atoms with Crippen LogP contribution in [0.3, 0.4) is 0 Å². The Balaban J connectivity index is 2.70. The summed E-state index contributed by atoms with van der Waals surface area (Å²) in [6.07, 6.45) is 1.05. The SMILES string of the molecule is CC#CC(=O)CN(CCNC(=O)OCCCC)S(=O)(=O)c1cccs1. The number of nitrogens with one attached hydrogen (secondary N) is 1. The molecule has 0 aromatic carbocycles. The van der Waals surface area contributed by atoms with Crippen molar-refractivity contribution < 1.29 is 22.7 Å². The van der Waals surface area contributed by atoms with Crippen molar-refractivity contribution in [2.75, 3.05) is 26.2 Å². The number of carbonyl (C=O) groups excluding carboxylic acids is 2. The first-order valence-electron chi connectivity index (χ1n) is 7.81. The lowest BCUT2D eigenvalue weighted by Gasteiger charge is -2.20. The molecule has 138 valence electrons. The molecule has 0 saturated carbocycles. The van der Waals surface area contributed by atoms with Gasteiger partial charge in [0.15, 0.2) is 0 Å². The number of hydrogen-bond acceptors (Lipinski definition) is 6. The van der Waals surface area contributed by atoms with E-state index in [1.807, 2.05) is 6.92 Å². The van der Waals surface area contributed by atoms with Crippen molar-refractivity contribution >= 4 is 33.2 Å². The monoisotopic (exact) mass is 386 g/mol. The molecule has 1 N–H and O–H groups in total. The maximum absolute atomic E-state index is 12.6. The molecule has 1 aromatic heterocycles. The molecule has 25 heavy (non-hydrogen) atoms. The van der Waals surface area contributed by atoms with Crippen LogP contribution in [0.25, 0.3) is 0 Å². The number of sulfonamides is 1. The summed E-state index contributed by atoms with van der Waals surface area (Å²) in [6.45, 7) is 3.40. The third-order valence-electron chi connectivity index (χ3n) is 3.04. The van der Waals surface area contributed by atoms with Crippen LogP contribution in [-0.4, -0.2) is 50.8 Å². The van der Waals surface area contributed by atoms with Gasteiger partial charge in [0, 0.05) is 13.1 Å². The van der Waals surface area contributed by atoms with Gasteiger partial charge in [-0.2, -0.15) is 4.31 Å². The highest BCUT2D eigenvalue weighted by Crippen LogP contribution is 2.20. The second-order valence-electron chi connectivity index (χ2n) is 4.99. The molecule has 0 unspecified atom stereocenters. The van der Waals surface area contributed by atoms with Crippen LogP contribution >= 0.6 is 11.3 Å². The van der Waals surface area contributed by atoms with Gasteiger partial charge in [0.2, 0.25) is 5.78 Å². The van der Waals surface area contributed by atoms with Crippen LogP contribution in [0.15, 0.2) is 21.7 Å². The van der Waals surface area contributed by atoms with Crippen LogP contribution in [0, 0.1) is 11.8 Å². The van der Waals surface area contributed by atoms with Crippen molar-refractivity contribution in [3.05, 3.63) is 17.5 Å². The maximum Gasteiger partial charge on any atom is 0.407 e. The Morgan fingerprint density at radius 3 is 2.76 bits per heavy atom. The third kappa shape index (κ3) is 7.25. The second-order valence-corrected chi connectivity index (χ2v) is 8.10. The standard InChI is InChI=1S/C16H22N2O5S2/c1-3-5-11-23-16(20)17-9-10-18(13-14(19)7-4-2)25(21,22)15-8-6-12-24-15/h6,8,12H,3,5,9-11,13H2,1-2H3,(H,17,20). The number of rotatable bonds is 10. The number of ketones is 1. The number of thiophene rings is 1. The summed E-state index contributed by atoms with van der Waals surface area (Å²) in [5, 5.41) is 4.12. The van der Waals surface area contributed by atoms with Gasteiger partial charge in [-0.3, -0.25) is 4.79 Å². The molecule has 0 aliphatic carbocycles. The van der Waals surface area contributed by atoms with Gasteiger partial charge < -0.3 is 10.1 Å². The highest BCUT2D eigenvalue weighted by atomic mass is 32.2. The molecule has 0 saturated heterocycles. The van der Waals surface area contributed by atoms with Gasteiger partial charge in [-0.25, -0.2) is 13.2 Å². The smallest absolute Gasteiger partial charge is 0.407 e. The average molecular weight is 386 g/mol. The van der Waals surface area contributed by atoms with Gasteiger partial charge in [0.25, 0.3) is 10.0 Å². The van der Waals surface area contributed by atoms with E-state index in [4.69, 9.17) is 4.74 Å². The van der Waals surface area contributed by atoms with Crippen molar-refractivity contribution in [1.82, 2.24) is 9.62 Å². The zero-order valence-corrected chi connectivity index (χ0v) is 15.9. The molecule has 0 aliphatic rings. The first-order chi connectivity index (χ1) is 11.9. The molecular formula is C16H22N2O5S2. The number of ether oxygens (including phenoxy) is 1. The normalized spacial score (nSPS) is 10.8. The predicted octanol–water partition coefficient (Wildman–Crippen LogP) is 1.86. The van der Waals surface area contributed by atoms with Crippen molar-refractivity contribution in [3.63, 3.8) is 0 Å². The summed E-state index contributed by atoms with van der Waals surface area (Å²) >= 11 is 1.06. The van der Waals surface area contributed by atoms with Crippen LogP contribution in [0.1, 0.15) is 26.7 Å². The minimum absolute atomic E-state index is 0.0302. The fourth-order valence-corrected chi connectivity index (χ4v) is 4.35. The molecule has 1 heterocycles. The molecule has 1 rings (SSSR count). The molecule has 1 amide bonds. The minimum Gasteiger partial charge on any atom is -0.450 e. The molecule has 9 heteroatoms. The van der Waals surface area contributed by atoms with Gasteiger partial charge in [-0.05, 0) is 30.7 Å². The van der Waals surface area contributed by atoms with E-state index >= 15 is 0 Å². The molecule has 0 aliphatic heterocycles. The largest absolute Gasteiger partial charge is 0.450 e. The van der Waals surface area contributed by atoms with Crippen molar-refractivity contribution in [2.45, 2.75) is 30.9 Å². The number of unbranched alkanes of at least 4 members (excludes halogenated alkanes) is 1. The maximum atomic E-state index is 12.6. The molecule has 1 aromatic rings. The van der Waals surface area contributed by atoms with Crippen LogP contribution < -0.4 is 5.32 Å². The summed E-state index contributed by atoms with van der Waals surface area (Å²) in [7, 11) is -3.82. The van der Waals surface area contributed by atoms with E-state index in [9.17, 15) is 18.0 Å². The Kier molecular flexibility index (Phi) is 9.20. The molecular weight excluding hydrogens is 364 g/mol. The van der Waals surface area contributed by atoms with Gasteiger partial charge >= 0.3 is 6.09 Å². The molecule has 0 bridgehead atoms. The lowest BCUT2D eigenvalue weighted by molar-refractivity contribution is -0.114. The van der Waals surface area contributed by atoms with Gasteiger partial charge in [-0.1, -0.05) is 25.3 Å². The Labute approximate surface area is 152 Å². The average Bonchev–Trinajstić information content (AvgIpc) is 3.09. The minimum atomic E-state index is -3.82. The van der Waals surface area contributed by atoms with E-state index in [-0.39, 0.29) is 23.8 Å². The van der Waals surface area contributed by atoms with E-state index in [2.05, 4.69) is 17.2 Å². The van der Waals surface area contributed by atoms with Crippen molar-refractivity contribution in [1.29, 1.82) is 0 Å². The van der Waals surface area contributed by atoms with Gasteiger partial charge in [0.1, 0.15) is 4.21 Å². The zero-order chi connectivity index (χ0) is 18.7. The Hall–Kier alpha value is -1.89. The zero-order valence-electron chi connectivity index (χ0n) is 14.3. The summed E-state index contributed by atoms with van der Waals surface area (Å²) in [4.78, 5) is 23.3. The lowest BCUT2D eigenvalue weighted by atomic mass is 10.4. The topological polar surface area (TPSA) is 92.8 Å². The molecule has 0 radical (unpaired) electrons. The number of hydrogen-bond donors (Lipinski definition) is 1. The van der Waals surface area contributed by atoms with Crippen LogP contribution in [0.2, 0.25) is 0 Å². The fraction of sp³-hybridized carbons (Fsp3) is 0.500. The number of amides is 1. The first kappa shape index (κ1) is 21.2. The van der Waals surface area contributed by atoms with Gasteiger partial charge in [-0.15, -0.1) is 11.3 Å². The van der Waals surface area contributed by atoms with E-state index in [0.29, 0.717) is 6.61 Å². The van der Waals surface area contributed by atoms with Crippen LogP contribution in [0.4, 0.5) is 4.79 Å².